The Labute approximate surface area is 76.1 Å². The minimum atomic E-state index is 0.373. The number of hydrogen-bond donors (Lipinski definition) is 0. The van der Waals surface area contributed by atoms with Gasteiger partial charge < -0.3 is 0 Å². The summed E-state index contributed by atoms with van der Waals surface area (Å²) in [7, 11) is 0. The fraction of sp³-hybridized carbons (Fsp3) is 0.800. The van der Waals surface area contributed by atoms with E-state index in [-0.39, 0.29) is 0 Å². The summed E-state index contributed by atoms with van der Waals surface area (Å²) in [6.45, 7) is 14.6. The molecule has 0 rings (SSSR count). The minimum Gasteiger partial charge on any atom is -0.153 e. The van der Waals surface area contributed by atoms with Gasteiger partial charge in [0, 0.05) is 10.00 Å². The summed E-state index contributed by atoms with van der Waals surface area (Å²) >= 11 is 2.02. The maximum atomic E-state index is 3.94. The van der Waals surface area contributed by atoms with E-state index in [9.17, 15) is 0 Å². The maximum absolute atomic E-state index is 3.94. The van der Waals surface area contributed by atoms with Crippen LogP contribution in [0.5, 0.6) is 0 Å². The summed E-state index contributed by atoms with van der Waals surface area (Å²) in [6.07, 6.45) is 3.26. The molecule has 1 atom stereocenters. The van der Waals surface area contributed by atoms with Gasteiger partial charge in [0.2, 0.25) is 0 Å². The Morgan fingerprint density at radius 2 is 1.82 bits per heavy atom. The normalized spacial score (nSPS) is 15.0. The largest absolute Gasteiger partial charge is 0.153 e. The Balaban J connectivity index is 3.68. The first-order valence-electron chi connectivity index (χ1n) is 4.26. The molecule has 0 aliphatic heterocycles. The molecule has 0 spiro atoms. The molecule has 11 heavy (non-hydrogen) atoms. The molecule has 1 unspecified atom stereocenters. The Morgan fingerprint density at radius 1 is 1.27 bits per heavy atom. The van der Waals surface area contributed by atoms with Crippen LogP contribution in [0.15, 0.2) is 0 Å². The van der Waals surface area contributed by atoms with Gasteiger partial charge in [0.15, 0.2) is 0 Å². The molecule has 0 aromatic heterocycles. The van der Waals surface area contributed by atoms with Crippen LogP contribution >= 0.6 is 11.8 Å². The van der Waals surface area contributed by atoms with Gasteiger partial charge in [-0.2, -0.15) is 11.8 Å². The smallest absolute Gasteiger partial charge is 0.00778 e. The monoisotopic (exact) mass is 172 g/mol. The first-order chi connectivity index (χ1) is 4.99. The van der Waals surface area contributed by atoms with Crippen LogP contribution in [-0.2, 0) is 0 Å². The zero-order valence-corrected chi connectivity index (χ0v) is 8.84. The van der Waals surface area contributed by atoms with E-state index in [1.54, 1.807) is 0 Å². The molecule has 0 fully saturated rings. The molecular weight excluding hydrogens is 152 g/mol. The lowest BCUT2D eigenvalue weighted by molar-refractivity contribution is 0.740. The van der Waals surface area contributed by atoms with E-state index < -0.39 is 0 Å². The first-order valence-corrected chi connectivity index (χ1v) is 5.14. The second-order valence-corrected chi connectivity index (χ2v) is 5.91. The first kappa shape index (κ1) is 11.4. The summed E-state index contributed by atoms with van der Waals surface area (Å²) in [5, 5.41) is 0.701. The van der Waals surface area contributed by atoms with Gasteiger partial charge in [0.25, 0.3) is 0 Å². The highest BCUT2D eigenvalue weighted by Gasteiger charge is 2.16. The highest BCUT2D eigenvalue weighted by Crippen LogP contribution is 2.31. The highest BCUT2D eigenvalue weighted by molar-refractivity contribution is 8.01. The van der Waals surface area contributed by atoms with Gasteiger partial charge in [-0.1, -0.05) is 41.0 Å². The van der Waals surface area contributed by atoms with Crippen LogP contribution in [0.3, 0.4) is 0 Å². The van der Waals surface area contributed by atoms with Crippen molar-refractivity contribution in [3.8, 4) is 0 Å². The van der Waals surface area contributed by atoms with Crippen molar-refractivity contribution < 1.29 is 0 Å². The second-order valence-electron chi connectivity index (χ2n) is 3.78. The number of thioether (sulfide) groups is 1. The van der Waals surface area contributed by atoms with Gasteiger partial charge in [0.1, 0.15) is 0 Å². The average molecular weight is 172 g/mol. The average Bonchev–Trinajstić information content (AvgIpc) is 1.84. The zero-order chi connectivity index (χ0) is 8.91. The van der Waals surface area contributed by atoms with Crippen molar-refractivity contribution in [2.24, 2.45) is 0 Å². The third-order valence-electron chi connectivity index (χ3n) is 1.37. The Morgan fingerprint density at radius 3 is 2.09 bits per heavy atom. The summed E-state index contributed by atoms with van der Waals surface area (Å²) < 4.78 is 0.373. The van der Waals surface area contributed by atoms with Crippen LogP contribution in [0.2, 0.25) is 0 Å². The Kier molecular flexibility index (Phi) is 5.24. The predicted octanol–water partition coefficient (Wildman–Crippen LogP) is 3.73. The van der Waals surface area contributed by atoms with Gasteiger partial charge in [-0.25, -0.2) is 0 Å². The molecule has 0 aliphatic carbocycles. The van der Waals surface area contributed by atoms with Crippen LogP contribution in [0.1, 0.15) is 40.0 Å². The van der Waals surface area contributed by atoms with E-state index in [0.717, 1.165) is 12.8 Å². The van der Waals surface area contributed by atoms with Crippen LogP contribution in [0.4, 0.5) is 0 Å². The molecule has 0 saturated carbocycles. The maximum Gasteiger partial charge on any atom is 0.00778 e. The SMILES string of the molecule is [CH2]CCC(C[CH2])SC(C)(C)C. The Bertz CT molecular complexity index is 91.5. The fourth-order valence-electron chi connectivity index (χ4n) is 0.990. The van der Waals surface area contributed by atoms with Crippen molar-refractivity contribution in [2.75, 3.05) is 0 Å². The van der Waals surface area contributed by atoms with E-state index in [1.807, 2.05) is 11.8 Å². The van der Waals surface area contributed by atoms with Gasteiger partial charge in [-0.05, 0) is 12.8 Å². The molecule has 0 aromatic rings. The van der Waals surface area contributed by atoms with E-state index in [4.69, 9.17) is 0 Å². The molecule has 0 nitrogen and oxygen atoms in total. The standard InChI is InChI=1S/C10H20S/c1-6-8-9(7-2)11-10(3,4)5/h9H,1-2,6-8H2,3-5H3. The lowest BCUT2D eigenvalue weighted by atomic mass is 10.2. The van der Waals surface area contributed by atoms with Crippen molar-refractivity contribution in [2.45, 2.75) is 50.0 Å². The third kappa shape index (κ3) is 6.74. The molecule has 0 heterocycles. The molecule has 0 bridgehead atoms. The summed E-state index contributed by atoms with van der Waals surface area (Å²) in [4.78, 5) is 0. The molecular formula is C10H20S. The van der Waals surface area contributed by atoms with E-state index in [2.05, 4.69) is 34.6 Å². The molecule has 0 aliphatic rings. The summed E-state index contributed by atoms with van der Waals surface area (Å²) in [5.74, 6) is 0. The van der Waals surface area contributed by atoms with E-state index in [1.165, 1.54) is 6.42 Å². The Hall–Kier alpha value is 0.350. The summed E-state index contributed by atoms with van der Waals surface area (Å²) in [6, 6.07) is 0. The van der Waals surface area contributed by atoms with E-state index in [0.29, 0.717) is 10.00 Å². The lowest BCUT2D eigenvalue weighted by Crippen LogP contribution is -2.14. The molecule has 0 amide bonds. The molecule has 2 radical (unpaired) electrons. The van der Waals surface area contributed by atoms with Gasteiger partial charge in [-0.15, -0.1) is 0 Å². The van der Waals surface area contributed by atoms with E-state index >= 15 is 0 Å². The molecule has 0 saturated heterocycles. The molecule has 0 aromatic carbocycles. The van der Waals surface area contributed by atoms with Crippen LogP contribution in [0.25, 0.3) is 0 Å². The third-order valence-corrected chi connectivity index (χ3v) is 2.88. The molecule has 1 heteroatoms. The minimum absolute atomic E-state index is 0.373. The lowest BCUT2D eigenvalue weighted by Gasteiger charge is -2.24. The van der Waals surface area contributed by atoms with Crippen LogP contribution in [0, 0.1) is 13.8 Å². The van der Waals surface area contributed by atoms with Crippen molar-refractivity contribution in [1.29, 1.82) is 0 Å². The molecule has 0 N–H and O–H groups in total. The topological polar surface area (TPSA) is 0 Å². The second kappa shape index (κ2) is 5.08. The van der Waals surface area contributed by atoms with Crippen molar-refractivity contribution >= 4 is 11.8 Å². The summed E-state index contributed by atoms with van der Waals surface area (Å²) in [5.41, 5.74) is 0. The van der Waals surface area contributed by atoms with Crippen LogP contribution < -0.4 is 0 Å². The van der Waals surface area contributed by atoms with Gasteiger partial charge in [-0.3, -0.25) is 0 Å². The molecule has 66 valence electrons. The fourth-order valence-corrected chi connectivity index (χ4v) is 2.39. The van der Waals surface area contributed by atoms with Crippen molar-refractivity contribution in [3.05, 3.63) is 13.8 Å². The van der Waals surface area contributed by atoms with Crippen molar-refractivity contribution in [3.63, 3.8) is 0 Å². The van der Waals surface area contributed by atoms with Gasteiger partial charge in [0.05, 0.1) is 0 Å². The van der Waals surface area contributed by atoms with Gasteiger partial charge >= 0.3 is 0 Å². The highest BCUT2D eigenvalue weighted by atomic mass is 32.2. The zero-order valence-electron chi connectivity index (χ0n) is 8.02. The number of rotatable bonds is 4. The van der Waals surface area contributed by atoms with Crippen molar-refractivity contribution in [1.82, 2.24) is 0 Å². The predicted molar refractivity (Wildman–Crippen MR) is 55.7 cm³/mol. The quantitative estimate of drug-likeness (QED) is 0.622. The number of hydrogen-bond acceptors (Lipinski definition) is 1. The van der Waals surface area contributed by atoms with Crippen LogP contribution in [-0.4, -0.2) is 10.00 Å².